The Morgan fingerprint density at radius 2 is 1.80 bits per heavy atom. The first-order valence-corrected chi connectivity index (χ1v) is 7.69. The van der Waals surface area contributed by atoms with Gasteiger partial charge in [-0.15, -0.1) is 0 Å². The molecule has 0 atom stereocenters. The lowest BCUT2D eigenvalue weighted by Crippen LogP contribution is -2.33. The van der Waals surface area contributed by atoms with E-state index in [0.717, 1.165) is 23.0 Å². The van der Waals surface area contributed by atoms with Crippen LogP contribution in [0.4, 0.5) is 10.1 Å². The second kappa shape index (κ2) is 5.57. The Hall–Kier alpha value is -1.35. The summed E-state index contributed by atoms with van der Waals surface area (Å²) in [6.45, 7) is 2.09. The van der Waals surface area contributed by atoms with Gasteiger partial charge in [-0.25, -0.2) is 4.39 Å². The second-order valence-corrected chi connectivity index (χ2v) is 6.38. The largest absolute Gasteiger partial charge is 0.382 e. The molecule has 2 aromatic carbocycles. The summed E-state index contributed by atoms with van der Waals surface area (Å²) in [5.74, 6) is 0.397. The van der Waals surface area contributed by atoms with Crippen molar-refractivity contribution in [1.82, 2.24) is 0 Å². The van der Waals surface area contributed by atoms with E-state index in [1.165, 1.54) is 11.1 Å². The van der Waals surface area contributed by atoms with E-state index in [1.807, 2.05) is 12.1 Å². The summed E-state index contributed by atoms with van der Waals surface area (Å²) in [5, 5.41) is 3.55. The van der Waals surface area contributed by atoms with Gasteiger partial charge in [0.2, 0.25) is 0 Å². The van der Waals surface area contributed by atoms with Crippen molar-refractivity contribution in [3.8, 4) is 0 Å². The second-order valence-electron chi connectivity index (χ2n) is 5.53. The fraction of sp³-hybridized carbons (Fsp3) is 0.294. The summed E-state index contributed by atoms with van der Waals surface area (Å²) >= 11 is 3.56. The Morgan fingerprint density at radius 1 is 1.10 bits per heavy atom. The van der Waals surface area contributed by atoms with Gasteiger partial charge < -0.3 is 5.32 Å². The van der Waals surface area contributed by atoms with Gasteiger partial charge in [-0.1, -0.05) is 34.1 Å². The maximum Gasteiger partial charge on any atom is 0.123 e. The van der Waals surface area contributed by atoms with Crippen LogP contribution in [0.25, 0.3) is 0 Å². The topological polar surface area (TPSA) is 12.0 Å². The van der Waals surface area contributed by atoms with Crippen LogP contribution in [0.15, 0.2) is 46.9 Å². The van der Waals surface area contributed by atoms with E-state index in [9.17, 15) is 4.39 Å². The summed E-state index contributed by atoms with van der Waals surface area (Å²) in [7, 11) is 0. The average Bonchev–Trinajstić information content (AvgIpc) is 2.39. The van der Waals surface area contributed by atoms with Crippen molar-refractivity contribution >= 4 is 21.6 Å². The van der Waals surface area contributed by atoms with Crippen molar-refractivity contribution in [2.45, 2.75) is 31.7 Å². The van der Waals surface area contributed by atoms with Gasteiger partial charge in [0.25, 0.3) is 0 Å². The van der Waals surface area contributed by atoms with Crippen LogP contribution in [-0.4, -0.2) is 6.04 Å². The third kappa shape index (κ3) is 2.88. The number of aryl methyl sites for hydroxylation is 1. The Morgan fingerprint density at radius 3 is 2.45 bits per heavy atom. The smallest absolute Gasteiger partial charge is 0.123 e. The monoisotopic (exact) mass is 333 g/mol. The molecule has 1 fully saturated rings. The highest BCUT2D eigenvalue weighted by atomic mass is 79.9. The molecule has 0 spiro atoms. The van der Waals surface area contributed by atoms with Crippen LogP contribution >= 0.6 is 15.9 Å². The number of benzene rings is 2. The molecule has 0 radical (unpaired) electrons. The lowest BCUT2D eigenvalue weighted by atomic mass is 9.76. The summed E-state index contributed by atoms with van der Waals surface area (Å²) in [6.07, 6.45) is 2.22. The molecule has 1 nitrogen and oxygen atoms in total. The standard InChI is InChI=1S/C17H17BrFN/c1-11-2-7-15(10-17(11)18)20-16-8-13(9-16)12-3-5-14(19)6-4-12/h2-7,10,13,16,20H,8-9H2,1H3. The third-order valence-electron chi connectivity index (χ3n) is 4.02. The Bertz CT molecular complexity index is 603. The zero-order valence-electron chi connectivity index (χ0n) is 11.4. The van der Waals surface area contributed by atoms with Gasteiger partial charge in [-0.2, -0.15) is 0 Å². The van der Waals surface area contributed by atoms with Gasteiger partial charge in [0, 0.05) is 16.2 Å². The van der Waals surface area contributed by atoms with E-state index >= 15 is 0 Å². The minimum absolute atomic E-state index is 0.160. The highest BCUT2D eigenvalue weighted by molar-refractivity contribution is 9.10. The van der Waals surface area contributed by atoms with Crippen molar-refractivity contribution in [2.75, 3.05) is 5.32 Å². The van der Waals surface area contributed by atoms with E-state index in [4.69, 9.17) is 0 Å². The number of halogens is 2. The molecule has 0 bridgehead atoms. The Labute approximate surface area is 127 Å². The summed E-state index contributed by atoms with van der Waals surface area (Å²) in [6, 6.07) is 13.8. The molecular weight excluding hydrogens is 317 g/mol. The number of hydrogen-bond donors (Lipinski definition) is 1. The van der Waals surface area contributed by atoms with Gasteiger partial charge in [-0.3, -0.25) is 0 Å². The maximum absolute atomic E-state index is 12.9. The van der Waals surface area contributed by atoms with E-state index in [2.05, 4.69) is 46.4 Å². The van der Waals surface area contributed by atoms with Crippen LogP contribution in [0.2, 0.25) is 0 Å². The van der Waals surface area contributed by atoms with Gasteiger partial charge >= 0.3 is 0 Å². The van der Waals surface area contributed by atoms with Gasteiger partial charge in [0.05, 0.1) is 0 Å². The van der Waals surface area contributed by atoms with Crippen LogP contribution in [0.3, 0.4) is 0 Å². The Kier molecular flexibility index (Phi) is 3.79. The zero-order chi connectivity index (χ0) is 14.1. The molecule has 20 heavy (non-hydrogen) atoms. The SMILES string of the molecule is Cc1ccc(NC2CC(c3ccc(F)cc3)C2)cc1Br. The van der Waals surface area contributed by atoms with E-state index in [-0.39, 0.29) is 5.82 Å². The molecule has 2 aromatic rings. The predicted octanol–water partition coefficient (Wildman–Crippen LogP) is 5.25. The molecule has 3 rings (SSSR count). The minimum atomic E-state index is -0.160. The van der Waals surface area contributed by atoms with Gasteiger partial charge in [0.1, 0.15) is 5.82 Å². The molecular formula is C17H17BrFN. The van der Waals surface area contributed by atoms with Crippen molar-refractivity contribution in [2.24, 2.45) is 0 Å². The molecule has 104 valence electrons. The fourth-order valence-corrected chi connectivity index (χ4v) is 3.04. The predicted molar refractivity (Wildman–Crippen MR) is 84.7 cm³/mol. The first-order valence-electron chi connectivity index (χ1n) is 6.90. The molecule has 1 N–H and O–H groups in total. The maximum atomic E-state index is 12.9. The number of anilines is 1. The van der Waals surface area contributed by atoms with Crippen LogP contribution in [0.1, 0.15) is 29.9 Å². The van der Waals surface area contributed by atoms with Crippen molar-refractivity contribution < 1.29 is 4.39 Å². The molecule has 0 aliphatic heterocycles. The first kappa shape index (κ1) is 13.6. The molecule has 0 unspecified atom stereocenters. The van der Waals surface area contributed by atoms with Crippen molar-refractivity contribution in [1.29, 1.82) is 0 Å². The highest BCUT2D eigenvalue weighted by Crippen LogP contribution is 2.38. The summed E-state index contributed by atoms with van der Waals surface area (Å²) in [4.78, 5) is 0. The lowest BCUT2D eigenvalue weighted by Gasteiger charge is -2.37. The first-order chi connectivity index (χ1) is 9.61. The Balaban J connectivity index is 1.58. The number of rotatable bonds is 3. The van der Waals surface area contributed by atoms with Crippen molar-refractivity contribution in [3.05, 3.63) is 63.9 Å². The summed E-state index contributed by atoms with van der Waals surface area (Å²) in [5.41, 5.74) is 3.65. The number of hydrogen-bond acceptors (Lipinski definition) is 1. The van der Waals surface area contributed by atoms with E-state index in [1.54, 1.807) is 12.1 Å². The van der Waals surface area contributed by atoms with Gasteiger partial charge in [-0.05, 0) is 61.1 Å². The van der Waals surface area contributed by atoms with Crippen LogP contribution in [0, 0.1) is 12.7 Å². The minimum Gasteiger partial charge on any atom is -0.382 e. The van der Waals surface area contributed by atoms with Crippen molar-refractivity contribution in [3.63, 3.8) is 0 Å². The zero-order valence-corrected chi connectivity index (χ0v) is 13.0. The molecule has 0 saturated heterocycles. The lowest BCUT2D eigenvalue weighted by molar-refractivity contribution is 0.374. The molecule has 1 saturated carbocycles. The normalized spacial score (nSPS) is 21.4. The van der Waals surface area contributed by atoms with Crippen LogP contribution in [0.5, 0.6) is 0 Å². The third-order valence-corrected chi connectivity index (χ3v) is 4.88. The summed E-state index contributed by atoms with van der Waals surface area (Å²) < 4.78 is 14.0. The van der Waals surface area contributed by atoms with Crippen LogP contribution < -0.4 is 5.32 Å². The average molecular weight is 334 g/mol. The molecule has 0 amide bonds. The molecule has 1 aliphatic rings. The molecule has 1 aliphatic carbocycles. The molecule has 0 aromatic heterocycles. The highest BCUT2D eigenvalue weighted by Gasteiger charge is 2.30. The van der Waals surface area contributed by atoms with Gasteiger partial charge in [0.15, 0.2) is 0 Å². The molecule has 0 heterocycles. The quantitative estimate of drug-likeness (QED) is 0.808. The molecule has 3 heteroatoms. The van der Waals surface area contributed by atoms with E-state index < -0.39 is 0 Å². The number of nitrogens with one attached hydrogen (secondary N) is 1. The van der Waals surface area contributed by atoms with Crippen LogP contribution in [-0.2, 0) is 0 Å². The fourth-order valence-electron chi connectivity index (χ4n) is 2.66. The van der Waals surface area contributed by atoms with E-state index in [0.29, 0.717) is 12.0 Å².